The van der Waals surface area contributed by atoms with Crippen molar-refractivity contribution in [1.82, 2.24) is 0 Å². The number of hydrogen-bond donors (Lipinski definition) is 2. The van der Waals surface area contributed by atoms with Crippen molar-refractivity contribution in [2.45, 2.75) is 32.7 Å². The van der Waals surface area contributed by atoms with Crippen molar-refractivity contribution in [3.8, 4) is 0 Å². The maximum Gasteiger partial charge on any atom is 0.272 e. The lowest BCUT2D eigenvalue weighted by Crippen LogP contribution is -2.37. The molecule has 0 amide bonds. The Labute approximate surface area is 101 Å². The van der Waals surface area contributed by atoms with Crippen molar-refractivity contribution in [2.75, 3.05) is 11.9 Å². The van der Waals surface area contributed by atoms with Crippen LogP contribution in [0.25, 0.3) is 0 Å². The number of aliphatic hydroxyl groups is 1. The quantitative estimate of drug-likeness (QED) is 0.610. The first-order valence-electron chi connectivity index (χ1n) is 5.56. The summed E-state index contributed by atoms with van der Waals surface area (Å²) < 4.78 is 0. The minimum Gasteiger partial charge on any atom is -0.394 e. The van der Waals surface area contributed by atoms with Gasteiger partial charge in [0.2, 0.25) is 0 Å². The van der Waals surface area contributed by atoms with E-state index >= 15 is 0 Å². The van der Waals surface area contributed by atoms with E-state index in [4.69, 9.17) is 0 Å². The third kappa shape index (κ3) is 3.17. The minimum atomic E-state index is -0.400. The van der Waals surface area contributed by atoms with Gasteiger partial charge >= 0.3 is 0 Å². The molecule has 0 saturated carbocycles. The van der Waals surface area contributed by atoms with Gasteiger partial charge in [0.25, 0.3) is 5.69 Å². The van der Waals surface area contributed by atoms with Gasteiger partial charge in [-0.25, -0.2) is 0 Å². The van der Waals surface area contributed by atoms with E-state index in [1.54, 1.807) is 19.1 Å². The monoisotopic (exact) mass is 238 g/mol. The molecule has 0 heterocycles. The Bertz CT molecular complexity index is 414. The average molecular weight is 238 g/mol. The van der Waals surface area contributed by atoms with Crippen molar-refractivity contribution in [3.63, 3.8) is 0 Å². The smallest absolute Gasteiger partial charge is 0.272 e. The molecule has 2 N–H and O–H groups in total. The van der Waals surface area contributed by atoms with Gasteiger partial charge < -0.3 is 10.4 Å². The summed E-state index contributed by atoms with van der Waals surface area (Å²) in [6, 6.07) is 4.86. The highest BCUT2D eigenvalue weighted by Gasteiger charge is 2.21. The van der Waals surface area contributed by atoms with Gasteiger partial charge in [-0.1, -0.05) is 6.92 Å². The SMILES string of the molecule is CCC(C)(CO)Nc1ccc([N+](=O)[O-])c(C)c1. The second kappa shape index (κ2) is 5.14. The summed E-state index contributed by atoms with van der Waals surface area (Å²) in [7, 11) is 0. The Morgan fingerprint density at radius 3 is 2.59 bits per heavy atom. The molecule has 17 heavy (non-hydrogen) atoms. The van der Waals surface area contributed by atoms with Crippen LogP contribution in [0.5, 0.6) is 0 Å². The molecule has 1 aromatic carbocycles. The largest absolute Gasteiger partial charge is 0.394 e. The number of hydrogen-bond acceptors (Lipinski definition) is 4. The van der Waals surface area contributed by atoms with Crippen LogP contribution in [0, 0.1) is 17.0 Å². The molecule has 0 aliphatic carbocycles. The van der Waals surface area contributed by atoms with Crippen LogP contribution in [0.1, 0.15) is 25.8 Å². The number of benzene rings is 1. The van der Waals surface area contributed by atoms with E-state index in [1.165, 1.54) is 6.07 Å². The van der Waals surface area contributed by atoms with Crippen LogP contribution in [0.15, 0.2) is 18.2 Å². The Morgan fingerprint density at radius 1 is 1.53 bits per heavy atom. The first kappa shape index (κ1) is 13.4. The van der Waals surface area contributed by atoms with E-state index in [0.717, 1.165) is 12.1 Å². The molecule has 5 nitrogen and oxygen atoms in total. The maximum atomic E-state index is 10.7. The lowest BCUT2D eigenvalue weighted by Gasteiger charge is -2.28. The molecule has 0 aliphatic rings. The minimum absolute atomic E-state index is 0.0134. The normalized spacial score (nSPS) is 14.1. The van der Waals surface area contributed by atoms with E-state index < -0.39 is 10.5 Å². The number of nitro groups is 1. The van der Waals surface area contributed by atoms with Gasteiger partial charge in [-0.05, 0) is 32.4 Å². The lowest BCUT2D eigenvalue weighted by molar-refractivity contribution is -0.385. The van der Waals surface area contributed by atoms with Gasteiger partial charge in [0.15, 0.2) is 0 Å². The van der Waals surface area contributed by atoms with Crippen LogP contribution in [0.2, 0.25) is 0 Å². The molecule has 0 bridgehead atoms. The summed E-state index contributed by atoms with van der Waals surface area (Å²) >= 11 is 0. The molecule has 0 spiro atoms. The molecule has 1 atom stereocenters. The number of aryl methyl sites for hydroxylation is 1. The van der Waals surface area contributed by atoms with Gasteiger partial charge in [-0.15, -0.1) is 0 Å². The zero-order valence-corrected chi connectivity index (χ0v) is 10.4. The highest BCUT2D eigenvalue weighted by atomic mass is 16.6. The molecule has 94 valence electrons. The van der Waals surface area contributed by atoms with Crippen LogP contribution < -0.4 is 5.32 Å². The predicted octanol–water partition coefficient (Wildman–Crippen LogP) is 2.48. The number of nitrogens with one attached hydrogen (secondary N) is 1. The molecule has 0 aliphatic heterocycles. The predicted molar refractivity (Wildman–Crippen MR) is 67.2 cm³/mol. The highest BCUT2D eigenvalue weighted by Crippen LogP contribution is 2.24. The number of rotatable bonds is 5. The molecule has 5 heteroatoms. The van der Waals surface area contributed by atoms with Gasteiger partial charge in [-0.2, -0.15) is 0 Å². The third-order valence-electron chi connectivity index (χ3n) is 2.97. The van der Waals surface area contributed by atoms with Crippen LogP contribution in [-0.2, 0) is 0 Å². The Morgan fingerprint density at radius 2 is 2.18 bits per heavy atom. The first-order chi connectivity index (χ1) is 7.91. The van der Waals surface area contributed by atoms with Gasteiger partial charge in [0, 0.05) is 17.3 Å². The second-order valence-electron chi connectivity index (χ2n) is 4.46. The second-order valence-corrected chi connectivity index (χ2v) is 4.46. The summed E-state index contributed by atoms with van der Waals surface area (Å²) in [4.78, 5) is 10.3. The number of nitro benzene ring substituents is 1. The van der Waals surface area contributed by atoms with Crippen LogP contribution in [0.3, 0.4) is 0 Å². The van der Waals surface area contributed by atoms with E-state index in [1.807, 2.05) is 13.8 Å². The Kier molecular flexibility index (Phi) is 4.07. The Balaban J connectivity index is 2.95. The van der Waals surface area contributed by atoms with E-state index in [2.05, 4.69) is 5.32 Å². The van der Waals surface area contributed by atoms with Crippen molar-refractivity contribution < 1.29 is 10.0 Å². The average Bonchev–Trinajstić information content (AvgIpc) is 2.28. The first-order valence-corrected chi connectivity index (χ1v) is 5.56. The number of aliphatic hydroxyl groups excluding tert-OH is 1. The highest BCUT2D eigenvalue weighted by molar-refractivity contribution is 5.54. The van der Waals surface area contributed by atoms with E-state index in [0.29, 0.717) is 5.56 Å². The van der Waals surface area contributed by atoms with Crippen molar-refractivity contribution >= 4 is 11.4 Å². The number of anilines is 1. The summed E-state index contributed by atoms with van der Waals surface area (Å²) in [5, 5.41) is 23.2. The summed E-state index contributed by atoms with van der Waals surface area (Å²) in [6.45, 7) is 5.59. The fraction of sp³-hybridized carbons (Fsp3) is 0.500. The molecule has 0 aromatic heterocycles. The molecular formula is C12H18N2O3. The lowest BCUT2D eigenvalue weighted by atomic mass is 9.99. The topological polar surface area (TPSA) is 75.4 Å². The summed E-state index contributed by atoms with van der Waals surface area (Å²) in [5.74, 6) is 0. The van der Waals surface area contributed by atoms with Gasteiger partial charge in [0.1, 0.15) is 0 Å². The molecule has 1 aromatic rings. The van der Waals surface area contributed by atoms with Crippen molar-refractivity contribution in [3.05, 3.63) is 33.9 Å². The molecular weight excluding hydrogens is 220 g/mol. The fourth-order valence-corrected chi connectivity index (χ4v) is 1.53. The standard InChI is InChI=1S/C12H18N2O3/c1-4-12(3,8-15)13-10-5-6-11(14(16)17)9(2)7-10/h5-7,13,15H,4,8H2,1-3H3. The summed E-state index contributed by atoms with van der Waals surface area (Å²) in [5.41, 5.74) is 1.10. The zero-order valence-electron chi connectivity index (χ0n) is 10.4. The zero-order chi connectivity index (χ0) is 13.1. The number of nitrogens with zero attached hydrogens (tertiary/aromatic N) is 1. The van der Waals surface area contributed by atoms with E-state index in [9.17, 15) is 15.2 Å². The molecule has 1 unspecified atom stereocenters. The van der Waals surface area contributed by atoms with Crippen LogP contribution >= 0.6 is 0 Å². The molecule has 0 fully saturated rings. The van der Waals surface area contributed by atoms with Gasteiger partial charge in [-0.3, -0.25) is 10.1 Å². The third-order valence-corrected chi connectivity index (χ3v) is 2.97. The van der Waals surface area contributed by atoms with Crippen LogP contribution in [-0.4, -0.2) is 22.2 Å². The molecule has 1 rings (SSSR count). The van der Waals surface area contributed by atoms with Crippen molar-refractivity contribution in [2.24, 2.45) is 0 Å². The van der Waals surface area contributed by atoms with E-state index in [-0.39, 0.29) is 12.3 Å². The van der Waals surface area contributed by atoms with Crippen LogP contribution in [0.4, 0.5) is 11.4 Å². The maximum absolute atomic E-state index is 10.7. The Hall–Kier alpha value is -1.62. The molecule has 0 radical (unpaired) electrons. The van der Waals surface area contributed by atoms with Gasteiger partial charge in [0.05, 0.1) is 17.1 Å². The van der Waals surface area contributed by atoms with Crippen molar-refractivity contribution in [1.29, 1.82) is 0 Å². The fourth-order valence-electron chi connectivity index (χ4n) is 1.53. The summed E-state index contributed by atoms with van der Waals surface area (Å²) in [6.07, 6.45) is 0.763. The molecule has 0 saturated heterocycles.